The average molecular weight is 65.4 g/mol. The van der Waals surface area contributed by atoms with E-state index in [-0.39, 0.29) is 0 Å². The van der Waals surface area contributed by atoms with Gasteiger partial charge in [0.25, 0.3) is 0 Å². The Morgan fingerprint density at radius 2 is 2.25 bits per heavy atom. The molecular formula is H2B3P-. The fourth-order valence-corrected chi connectivity index (χ4v) is 0. The quantitative estimate of drug-likeness (QED) is 0.277. The van der Waals surface area contributed by atoms with Crippen molar-refractivity contribution in [1.82, 2.24) is 0 Å². The summed E-state index contributed by atoms with van der Waals surface area (Å²) in [6.07, 6.45) is 0. The van der Waals surface area contributed by atoms with Crippen LogP contribution >= 0.6 is 9.12 Å². The van der Waals surface area contributed by atoms with Gasteiger partial charge in [0.2, 0.25) is 0 Å². The molecule has 0 nitrogen and oxygen atoms in total. The van der Waals surface area contributed by atoms with Crippen molar-refractivity contribution in [3.8, 4) is 0 Å². The second-order valence-electron chi connectivity index (χ2n) is 0.385. The van der Waals surface area contributed by atoms with Gasteiger partial charge in [-0.15, -0.1) is 0 Å². The number of hydrogen-bond donors (Lipinski definition) is 0. The molecule has 0 amide bonds. The van der Waals surface area contributed by atoms with Crippen LogP contribution in [0.4, 0.5) is 0 Å². The summed E-state index contributed by atoms with van der Waals surface area (Å²) in [6, 6.07) is 0. The van der Waals surface area contributed by atoms with E-state index in [2.05, 4.69) is 9.12 Å². The summed E-state index contributed by atoms with van der Waals surface area (Å²) in [5.74, 6) is 0. The van der Waals surface area contributed by atoms with Crippen LogP contribution in [0.25, 0.3) is 0 Å². The van der Waals surface area contributed by atoms with E-state index in [1.165, 1.54) is 7.06 Å². The summed E-state index contributed by atoms with van der Waals surface area (Å²) < 4.78 is 0. The summed E-state index contributed by atoms with van der Waals surface area (Å²) in [7, 11) is 8.64. The zero-order valence-electron chi connectivity index (χ0n) is 2.31. The maximum atomic E-state index is 4.83. The van der Waals surface area contributed by atoms with Crippen LogP contribution < -0.4 is 0 Å². The van der Waals surface area contributed by atoms with Crippen LogP contribution in [0.5, 0.6) is 0 Å². The minimum absolute atomic E-state index is 1.46. The SMILES string of the molecule is [B][B][B-]P. The Balaban J connectivity index is 1.97. The van der Waals surface area contributed by atoms with Gasteiger partial charge in [-0.2, -0.15) is 0 Å². The molecule has 0 aliphatic rings. The molecule has 0 saturated heterocycles. The van der Waals surface area contributed by atoms with E-state index < -0.39 is 0 Å². The van der Waals surface area contributed by atoms with Crippen molar-refractivity contribution in [2.45, 2.75) is 0 Å². The van der Waals surface area contributed by atoms with E-state index >= 15 is 0 Å². The fraction of sp³-hybridized carbons (Fsp3) is 0. The van der Waals surface area contributed by atoms with Gasteiger partial charge in [-0.05, 0) is 7.74 Å². The lowest BCUT2D eigenvalue weighted by molar-refractivity contribution is 4.23. The first-order valence-corrected chi connectivity index (χ1v) is 1.67. The number of rotatable bonds is 1. The van der Waals surface area contributed by atoms with Gasteiger partial charge >= 0.3 is 0 Å². The first kappa shape index (κ1) is 4.62. The highest BCUT2D eigenvalue weighted by Crippen LogP contribution is 1.62. The van der Waals surface area contributed by atoms with Crippen molar-refractivity contribution in [3.05, 3.63) is 0 Å². The minimum atomic E-state index is 1.46. The normalized spacial score (nSPS) is 6.25. The molecule has 0 aromatic heterocycles. The molecule has 1 unspecified atom stereocenters. The van der Waals surface area contributed by atoms with Crippen molar-refractivity contribution >= 4 is 30.8 Å². The van der Waals surface area contributed by atoms with Crippen molar-refractivity contribution in [3.63, 3.8) is 0 Å². The molecule has 0 rings (SSSR count). The molecule has 0 saturated carbocycles. The van der Waals surface area contributed by atoms with E-state index in [0.717, 1.165) is 0 Å². The Bertz CT molecular complexity index is 5.25. The Morgan fingerprint density at radius 3 is 2.25 bits per heavy atom. The first-order chi connectivity index (χ1) is 1.91. The van der Waals surface area contributed by atoms with Crippen molar-refractivity contribution < 1.29 is 0 Å². The Kier molecular flexibility index (Phi) is 4.19. The zero-order chi connectivity index (χ0) is 3.41. The van der Waals surface area contributed by atoms with Gasteiger partial charge in [0.1, 0.15) is 0 Å². The fourth-order valence-electron chi connectivity index (χ4n) is 0. The molecule has 0 bridgehead atoms. The second kappa shape index (κ2) is 3.62. The van der Waals surface area contributed by atoms with Crippen LogP contribution in [-0.2, 0) is 0 Å². The maximum Gasteiger partial charge on any atom is -0.0429 e. The van der Waals surface area contributed by atoms with Crippen molar-refractivity contribution in [2.75, 3.05) is 0 Å². The average Bonchev–Trinajstić information content (AvgIpc) is 1.37. The molecule has 1 atom stereocenters. The highest BCUT2D eigenvalue weighted by atomic mass is 31.0. The van der Waals surface area contributed by atoms with Crippen molar-refractivity contribution in [2.24, 2.45) is 0 Å². The predicted octanol–water partition coefficient (Wildman–Crippen LogP) is -0.817. The highest BCUT2D eigenvalue weighted by molar-refractivity contribution is 7.71. The largest absolute Gasteiger partial charge is 0.386 e. The predicted molar refractivity (Wildman–Crippen MR) is 27.0 cm³/mol. The van der Waals surface area contributed by atoms with E-state index in [1.54, 1.807) is 6.89 Å². The minimum Gasteiger partial charge on any atom is -0.386 e. The van der Waals surface area contributed by atoms with Gasteiger partial charge in [0.15, 0.2) is 0 Å². The van der Waals surface area contributed by atoms with E-state index in [0.29, 0.717) is 0 Å². The van der Waals surface area contributed by atoms with Gasteiger partial charge in [0, 0.05) is 0 Å². The molecule has 0 aliphatic heterocycles. The van der Waals surface area contributed by atoms with Crippen LogP contribution in [0.15, 0.2) is 0 Å². The molecule has 0 aromatic carbocycles. The van der Waals surface area contributed by atoms with Gasteiger partial charge in [-0.25, -0.2) is 7.06 Å². The van der Waals surface area contributed by atoms with Crippen molar-refractivity contribution in [1.29, 1.82) is 0 Å². The van der Waals surface area contributed by atoms with Gasteiger partial charge < -0.3 is 16.0 Å². The Morgan fingerprint density at radius 1 is 2.00 bits per heavy atom. The molecule has 5 radical (unpaired) electrons. The summed E-state index contributed by atoms with van der Waals surface area (Å²) in [5, 5.41) is 0. The summed E-state index contributed by atoms with van der Waals surface area (Å²) in [5.41, 5.74) is 0. The lowest BCUT2D eigenvalue weighted by Gasteiger charge is -1.90. The monoisotopic (exact) mass is 66.0 g/mol. The van der Waals surface area contributed by atoms with E-state index in [9.17, 15) is 0 Å². The summed E-state index contributed by atoms with van der Waals surface area (Å²) >= 11 is 0. The van der Waals surface area contributed by atoms with E-state index in [4.69, 9.17) is 7.74 Å². The first-order valence-electron chi connectivity index (χ1n) is 1.00. The van der Waals surface area contributed by atoms with Crippen LogP contribution in [0.3, 0.4) is 0 Å². The van der Waals surface area contributed by atoms with E-state index in [1.807, 2.05) is 0 Å². The lowest BCUT2D eigenvalue weighted by Crippen LogP contribution is -1.90. The molecule has 0 aromatic rings. The van der Waals surface area contributed by atoms with Gasteiger partial charge in [-0.3, -0.25) is 0 Å². The third-order valence-electron chi connectivity index (χ3n) is 0.111. The lowest BCUT2D eigenvalue weighted by atomic mass is 9.39. The molecular weight excluding hydrogens is 63.4 g/mol. The van der Waals surface area contributed by atoms with Crippen LogP contribution in [0.2, 0.25) is 0 Å². The molecule has 4 heteroatoms. The van der Waals surface area contributed by atoms with Crippen LogP contribution in [0.1, 0.15) is 0 Å². The molecule has 0 aliphatic carbocycles. The van der Waals surface area contributed by atoms with Gasteiger partial charge in [-0.1, -0.05) is 0 Å². The summed E-state index contributed by atoms with van der Waals surface area (Å²) in [6.45, 7) is 1.69. The molecule has 0 spiro atoms. The molecule has 0 heterocycles. The smallest absolute Gasteiger partial charge is 0.0429 e. The maximum absolute atomic E-state index is 4.83. The Hall–Kier alpha value is 0.625. The summed E-state index contributed by atoms with van der Waals surface area (Å²) in [4.78, 5) is 0. The topological polar surface area (TPSA) is 0 Å². The Labute approximate surface area is 31.8 Å². The third kappa shape index (κ3) is 2.62. The molecule has 4 heavy (non-hydrogen) atoms. The molecule has 0 N–H and O–H groups in total. The molecule has 0 fully saturated rings. The van der Waals surface area contributed by atoms with Crippen LogP contribution in [0, 0.1) is 0 Å². The van der Waals surface area contributed by atoms with Crippen LogP contribution in [-0.4, -0.2) is 21.7 Å². The zero-order valence-corrected chi connectivity index (χ0v) is 3.46. The third-order valence-corrected chi connectivity index (χ3v) is 0.333. The number of hydrogen-bond acceptors (Lipinski definition) is 0. The second-order valence-corrected chi connectivity index (χ2v) is 0.770. The molecule has 17 valence electrons. The van der Waals surface area contributed by atoms with Gasteiger partial charge in [0.05, 0.1) is 0 Å². The standard InChI is InChI=1S/B3H2P/c1-2-3-4/h4H2/q-1. The highest BCUT2D eigenvalue weighted by Gasteiger charge is 1.36.